The van der Waals surface area contributed by atoms with Crippen LogP contribution in [-0.4, -0.2) is 16.3 Å². The molecule has 1 atom stereocenters. The number of nitro groups is 1. The van der Waals surface area contributed by atoms with Crippen LogP contribution in [-0.2, 0) is 11.4 Å². The second kappa shape index (κ2) is 4.65. The van der Waals surface area contributed by atoms with Gasteiger partial charge in [-0.05, 0) is 6.07 Å². The molecule has 1 aromatic rings. The first-order chi connectivity index (χ1) is 7.11. The molecule has 0 heterocycles. The summed E-state index contributed by atoms with van der Waals surface area (Å²) in [5.74, 6) is -0.545. The van der Waals surface area contributed by atoms with E-state index < -0.39 is 17.4 Å². The van der Waals surface area contributed by atoms with E-state index in [1.165, 1.54) is 12.1 Å². The summed E-state index contributed by atoms with van der Waals surface area (Å²) in [7, 11) is 0. The van der Waals surface area contributed by atoms with Crippen molar-refractivity contribution < 1.29 is 14.8 Å². The van der Waals surface area contributed by atoms with Crippen molar-refractivity contribution in [1.29, 1.82) is 0 Å². The van der Waals surface area contributed by atoms with E-state index in [4.69, 9.17) is 5.11 Å². The zero-order chi connectivity index (χ0) is 11.4. The molecule has 0 bridgehead atoms. The van der Waals surface area contributed by atoms with Gasteiger partial charge < -0.3 is 9.90 Å². The summed E-state index contributed by atoms with van der Waals surface area (Å²) in [4.78, 5) is 20.8. The molecule has 0 amide bonds. The third kappa shape index (κ3) is 2.19. The Bertz CT molecular complexity index is 389. The molecule has 1 N–H and O–H groups in total. The van der Waals surface area contributed by atoms with Crippen LogP contribution in [0.3, 0.4) is 0 Å². The molecule has 0 saturated carbocycles. The fourth-order valence-corrected chi connectivity index (χ4v) is 1.40. The number of hydrogen-bond acceptors (Lipinski definition) is 4. The van der Waals surface area contributed by atoms with Crippen molar-refractivity contribution in [3.63, 3.8) is 0 Å². The number of carbonyl (C=O) groups is 1. The van der Waals surface area contributed by atoms with Gasteiger partial charge in [-0.15, -0.1) is 0 Å². The van der Waals surface area contributed by atoms with Crippen LogP contribution in [0.25, 0.3) is 0 Å². The van der Waals surface area contributed by atoms with Gasteiger partial charge in [-0.3, -0.25) is 10.1 Å². The number of nitrogens with zero attached hydrogens (tertiary/aromatic N) is 1. The molecule has 0 aliphatic carbocycles. The van der Waals surface area contributed by atoms with Gasteiger partial charge >= 0.3 is 0 Å². The fraction of sp³-hybridized carbons (Fsp3) is 0.300. The van der Waals surface area contributed by atoms with E-state index in [0.717, 1.165) is 0 Å². The lowest BCUT2D eigenvalue weighted by molar-refractivity contribution is -0.386. The largest absolute Gasteiger partial charge is 0.391 e. The maximum Gasteiger partial charge on any atom is 0.278 e. The lowest BCUT2D eigenvalue weighted by atomic mass is 9.98. The van der Waals surface area contributed by atoms with Crippen LogP contribution in [0.15, 0.2) is 18.2 Å². The zero-order valence-electron chi connectivity index (χ0n) is 8.21. The SMILES string of the molecule is CC(C=O)c1cccc(CO)c1[N+](=O)[O-]. The highest BCUT2D eigenvalue weighted by Gasteiger charge is 2.22. The Labute approximate surface area is 86.5 Å². The van der Waals surface area contributed by atoms with Crippen LogP contribution >= 0.6 is 0 Å². The van der Waals surface area contributed by atoms with E-state index in [9.17, 15) is 14.9 Å². The van der Waals surface area contributed by atoms with E-state index in [2.05, 4.69) is 0 Å². The summed E-state index contributed by atoms with van der Waals surface area (Å²) in [6, 6.07) is 4.59. The Morgan fingerprint density at radius 1 is 1.60 bits per heavy atom. The molecule has 0 fully saturated rings. The maximum atomic E-state index is 10.8. The van der Waals surface area contributed by atoms with Crippen molar-refractivity contribution in [3.8, 4) is 0 Å². The third-order valence-electron chi connectivity index (χ3n) is 2.20. The molecule has 5 heteroatoms. The van der Waals surface area contributed by atoms with Crippen LogP contribution < -0.4 is 0 Å². The molecular formula is C10H11NO4. The molecule has 0 spiro atoms. The highest BCUT2D eigenvalue weighted by molar-refractivity contribution is 5.66. The molecule has 0 aliphatic heterocycles. The predicted octanol–water partition coefficient (Wildman–Crippen LogP) is 1.39. The minimum atomic E-state index is -0.569. The monoisotopic (exact) mass is 209 g/mol. The van der Waals surface area contributed by atoms with Gasteiger partial charge in [-0.1, -0.05) is 19.1 Å². The average molecular weight is 209 g/mol. The van der Waals surface area contributed by atoms with Crippen molar-refractivity contribution >= 4 is 12.0 Å². The Kier molecular flexibility index (Phi) is 3.51. The number of aldehydes is 1. The van der Waals surface area contributed by atoms with Gasteiger partial charge in [0.25, 0.3) is 5.69 Å². The van der Waals surface area contributed by atoms with Gasteiger partial charge in [0.2, 0.25) is 0 Å². The number of nitro benzene ring substituents is 1. The molecule has 0 saturated heterocycles. The number of aliphatic hydroxyl groups excluding tert-OH is 1. The molecular weight excluding hydrogens is 198 g/mol. The van der Waals surface area contributed by atoms with Gasteiger partial charge in [0.05, 0.1) is 17.1 Å². The van der Waals surface area contributed by atoms with Gasteiger partial charge in [-0.2, -0.15) is 0 Å². The second-order valence-electron chi connectivity index (χ2n) is 3.19. The topological polar surface area (TPSA) is 80.4 Å². The van der Waals surface area contributed by atoms with E-state index >= 15 is 0 Å². The highest BCUT2D eigenvalue weighted by atomic mass is 16.6. The second-order valence-corrected chi connectivity index (χ2v) is 3.19. The number of hydrogen-bond donors (Lipinski definition) is 1. The molecule has 15 heavy (non-hydrogen) atoms. The molecule has 1 rings (SSSR count). The summed E-state index contributed by atoms with van der Waals surface area (Å²) in [6.07, 6.45) is 0.642. The van der Waals surface area contributed by atoms with Crippen molar-refractivity contribution in [1.82, 2.24) is 0 Å². The summed E-state index contributed by atoms with van der Waals surface area (Å²) < 4.78 is 0. The lowest BCUT2D eigenvalue weighted by Crippen LogP contribution is -2.04. The van der Waals surface area contributed by atoms with Crippen LogP contribution in [0.4, 0.5) is 5.69 Å². The molecule has 1 unspecified atom stereocenters. The smallest absolute Gasteiger partial charge is 0.278 e. The van der Waals surface area contributed by atoms with E-state index in [1.807, 2.05) is 0 Å². The molecule has 1 aromatic carbocycles. The van der Waals surface area contributed by atoms with Crippen molar-refractivity contribution in [2.45, 2.75) is 19.4 Å². The minimum absolute atomic E-state index is 0.167. The summed E-state index contributed by atoms with van der Waals surface area (Å²) in [5.41, 5.74) is 0.396. The first-order valence-electron chi connectivity index (χ1n) is 4.44. The van der Waals surface area contributed by atoms with E-state index in [1.54, 1.807) is 13.0 Å². The van der Waals surface area contributed by atoms with Gasteiger partial charge in [-0.25, -0.2) is 0 Å². The molecule has 0 radical (unpaired) electrons. The molecule has 0 aromatic heterocycles. The molecule has 5 nitrogen and oxygen atoms in total. The maximum absolute atomic E-state index is 10.8. The van der Waals surface area contributed by atoms with Crippen molar-refractivity contribution in [3.05, 3.63) is 39.4 Å². The first-order valence-corrected chi connectivity index (χ1v) is 4.44. The van der Waals surface area contributed by atoms with Gasteiger partial charge in [0, 0.05) is 11.5 Å². The molecule has 0 aliphatic rings. The fourth-order valence-electron chi connectivity index (χ4n) is 1.40. The third-order valence-corrected chi connectivity index (χ3v) is 2.20. The van der Waals surface area contributed by atoms with E-state index in [-0.39, 0.29) is 11.3 Å². The number of benzene rings is 1. The van der Waals surface area contributed by atoms with Crippen LogP contribution in [0.2, 0.25) is 0 Å². The van der Waals surface area contributed by atoms with Crippen LogP contribution in [0.5, 0.6) is 0 Å². The van der Waals surface area contributed by atoms with Crippen molar-refractivity contribution in [2.24, 2.45) is 0 Å². The zero-order valence-corrected chi connectivity index (χ0v) is 8.21. The summed E-state index contributed by atoms with van der Waals surface area (Å²) in [6.45, 7) is 1.17. The highest BCUT2D eigenvalue weighted by Crippen LogP contribution is 2.28. The lowest BCUT2D eigenvalue weighted by Gasteiger charge is -2.07. The Balaban J connectivity index is 3.37. The van der Waals surface area contributed by atoms with Gasteiger partial charge in [0.1, 0.15) is 6.29 Å². The normalized spacial score (nSPS) is 12.1. The minimum Gasteiger partial charge on any atom is -0.391 e. The molecule has 80 valence electrons. The first kappa shape index (κ1) is 11.3. The number of rotatable bonds is 4. The summed E-state index contributed by atoms with van der Waals surface area (Å²) in [5, 5.41) is 19.8. The summed E-state index contributed by atoms with van der Waals surface area (Å²) >= 11 is 0. The van der Waals surface area contributed by atoms with Gasteiger partial charge in [0.15, 0.2) is 0 Å². The predicted molar refractivity (Wildman–Crippen MR) is 53.5 cm³/mol. The number of para-hydroxylation sites is 1. The van der Waals surface area contributed by atoms with Crippen molar-refractivity contribution in [2.75, 3.05) is 0 Å². The Morgan fingerprint density at radius 2 is 2.27 bits per heavy atom. The van der Waals surface area contributed by atoms with E-state index in [0.29, 0.717) is 11.8 Å². The number of carbonyl (C=O) groups excluding carboxylic acids is 1. The quantitative estimate of drug-likeness (QED) is 0.461. The Hall–Kier alpha value is -1.75. The number of aliphatic hydroxyl groups is 1. The average Bonchev–Trinajstić information content (AvgIpc) is 2.26. The van der Waals surface area contributed by atoms with Crippen LogP contribution in [0, 0.1) is 10.1 Å². The standard InChI is InChI=1S/C10H11NO4/c1-7(5-12)9-4-2-3-8(6-13)10(9)11(14)15/h2-5,7,13H,6H2,1H3. The Morgan fingerprint density at radius 3 is 2.73 bits per heavy atom. The van der Waals surface area contributed by atoms with Crippen LogP contribution in [0.1, 0.15) is 24.0 Å².